The van der Waals surface area contributed by atoms with Crippen LogP contribution in [0.3, 0.4) is 0 Å². The zero-order chi connectivity index (χ0) is 14.0. The molecule has 2 unspecified atom stereocenters. The zero-order valence-electron chi connectivity index (χ0n) is 12.2. The number of nitrogens with zero attached hydrogens (tertiary/aromatic N) is 1. The van der Waals surface area contributed by atoms with Gasteiger partial charge in [0, 0.05) is 23.1 Å². The van der Waals surface area contributed by atoms with Gasteiger partial charge in [-0.15, -0.1) is 0 Å². The monoisotopic (exact) mass is 324 g/mol. The second-order valence-electron chi connectivity index (χ2n) is 6.15. The van der Waals surface area contributed by atoms with Crippen LogP contribution in [0.5, 0.6) is 0 Å². The third-order valence-corrected chi connectivity index (χ3v) is 4.77. The predicted octanol–water partition coefficient (Wildman–Crippen LogP) is 3.88. The topological polar surface area (TPSA) is 29.3 Å². The minimum Gasteiger partial charge on any atom is -0.326 e. The van der Waals surface area contributed by atoms with Gasteiger partial charge in [0.1, 0.15) is 0 Å². The van der Waals surface area contributed by atoms with Crippen LogP contribution in [-0.4, -0.2) is 24.0 Å². The van der Waals surface area contributed by atoms with Crippen LogP contribution in [0.2, 0.25) is 0 Å². The first-order valence-corrected chi connectivity index (χ1v) is 8.04. The molecule has 2 nitrogen and oxygen atoms in total. The van der Waals surface area contributed by atoms with E-state index in [0.29, 0.717) is 12.0 Å². The van der Waals surface area contributed by atoms with Gasteiger partial charge in [0.15, 0.2) is 0 Å². The highest BCUT2D eigenvalue weighted by Gasteiger charge is 2.30. The summed E-state index contributed by atoms with van der Waals surface area (Å²) in [5.74, 6) is 0.682. The van der Waals surface area contributed by atoms with Crippen molar-refractivity contribution in [3.63, 3.8) is 0 Å². The Morgan fingerprint density at radius 2 is 2.16 bits per heavy atom. The first kappa shape index (κ1) is 15.0. The summed E-state index contributed by atoms with van der Waals surface area (Å²) in [6.07, 6.45) is 2.35. The van der Waals surface area contributed by atoms with Gasteiger partial charge in [-0.2, -0.15) is 0 Å². The van der Waals surface area contributed by atoms with E-state index in [1.54, 1.807) is 0 Å². The number of halogens is 1. The van der Waals surface area contributed by atoms with Crippen molar-refractivity contribution >= 4 is 15.9 Å². The smallest absolute Gasteiger partial charge is 0.0499 e. The summed E-state index contributed by atoms with van der Waals surface area (Å²) >= 11 is 3.64. The lowest BCUT2D eigenvalue weighted by molar-refractivity contribution is 0.114. The van der Waals surface area contributed by atoms with E-state index in [2.05, 4.69) is 59.8 Å². The molecule has 1 aliphatic rings. The molecular formula is C16H25BrN2. The fourth-order valence-corrected chi connectivity index (χ4v) is 3.42. The van der Waals surface area contributed by atoms with E-state index in [-0.39, 0.29) is 6.04 Å². The van der Waals surface area contributed by atoms with Crippen molar-refractivity contribution in [1.82, 2.24) is 4.90 Å². The molecule has 1 aliphatic heterocycles. The number of benzene rings is 1. The van der Waals surface area contributed by atoms with E-state index in [0.717, 1.165) is 13.0 Å². The highest BCUT2D eigenvalue weighted by molar-refractivity contribution is 9.10. The summed E-state index contributed by atoms with van der Waals surface area (Å²) in [4.78, 5) is 2.57. The standard InChI is InChI=1S/C16H25BrN2/c1-11(2)10-19-8-4-5-15(18)16(19)13-7-6-12(3)14(17)9-13/h6-7,9,11,15-16H,4-5,8,10,18H2,1-3H3. The molecule has 2 N–H and O–H groups in total. The van der Waals surface area contributed by atoms with E-state index in [4.69, 9.17) is 5.73 Å². The van der Waals surface area contributed by atoms with E-state index in [9.17, 15) is 0 Å². The Hall–Kier alpha value is -0.380. The molecule has 3 heteroatoms. The first-order chi connectivity index (χ1) is 8.99. The van der Waals surface area contributed by atoms with Crippen molar-refractivity contribution in [2.45, 2.75) is 45.7 Å². The molecule has 1 fully saturated rings. The Kier molecular flexibility index (Phi) is 5.04. The molecule has 1 aromatic carbocycles. The van der Waals surface area contributed by atoms with Gasteiger partial charge in [-0.05, 0) is 49.4 Å². The molecule has 1 saturated heterocycles. The number of hydrogen-bond acceptors (Lipinski definition) is 2. The highest BCUT2D eigenvalue weighted by Crippen LogP contribution is 2.32. The minimum atomic E-state index is 0.252. The van der Waals surface area contributed by atoms with E-state index < -0.39 is 0 Å². The third kappa shape index (κ3) is 3.59. The second kappa shape index (κ2) is 6.38. The van der Waals surface area contributed by atoms with E-state index in [1.165, 1.54) is 28.6 Å². The molecule has 106 valence electrons. The van der Waals surface area contributed by atoms with E-state index in [1.807, 2.05) is 0 Å². The Labute approximate surface area is 125 Å². The summed E-state index contributed by atoms with van der Waals surface area (Å²) in [7, 11) is 0. The van der Waals surface area contributed by atoms with E-state index >= 15 is 0 Å². The third-order valence-electron chi connectivity index (χ3n) is 3.92. The lowest BCUT2D eigenvalue weighted by Crippen LogP contribution is -2.47. The zero-order valence-corrected chi connectivity index (χ0v) is 13.8. The maximum absolute atomic E-state index is 6.41. The summed E-state index contributed by atoms with van der Waals surface area (Å²) in [5, 5.41) is 0. The molecule has 0 radical (unpaired) electrons. The Morgan fingerprint density at radius 3 is 2.79 bits per heavy atom. The van der Waals surface area contributed by atoms with Crippen LogP contribution in [0.25, 0.3) is 0 Å². The van der Waals surface area contributed by atoms with Crippen molar-refractivity contribution in [3.8, 4) is 0 Å². The van der Waals surface area contributed by atoms with Gasteiger partial charge in [-0.1, -0.05) is 41.9 Å². The Bertz CT molecular complexity index is 431. The summed E-state index contributed by atoms with van der Waals surface area (Å²) in [6.45, 7) is 8.98. The maximum Gasteiger partial charge on any atom is 0.0499 e. The number of piperidine rings is 1. The lowest BCUT2D eigenvalue weighted by atomic mass is 9.90. The molecule has 19 heavy (non-hydrogen) atoms. The quantitative estimate of drug-likeness (QED) is 0.914. The molecule has 1 heterocycles. The number of aryl methyl sites for hydroxylation is 1. The van der Waals surface area contributed by atoms with Crippen molar-refractivity contribution in [1.29, 1.82) is 0 Å². The number of likely N-dealkylation sites (tertiary alicyclic amines) is 1. The van der Waals surface area contributed by atoms with Crippen molar-refractivity contribution in [2.24, 2.45) is 11.7 Å². The van der Waals surface area contributed by atoms with Gasteiger partial charge < -0.3 is 5.73 Å². The molecule has 2 rings (SSSR count). The largest absolute Gasteiger partial charge is 0.326 e. The van der Waals surface area contributed by atoms with Crippen LogP contribution in [0, 0.1) is 12.8 Å². The molecular weight excluding hydrogens is 300 g/mol. The molecule has 2 atom stereocenters. The molecule has 0 aromatic heterocycles. The van der Waals surface area contributed by atoms with Crippen LogP contribution in [0.4, 0.5) is 0 Å². The van der Waals surface area contributed by atoms with Gasteiger partial charge in [0.05, 0.1) is 0 Å². The molecule has 0 saturated carbocycles. The molecule has 0 bridgehead atoms. The normalized spacial score (nSPS) is 24.9. The summed E-state index contributed by atoms with van der Waals surface area (Å²) in [6, 6.07) is 7.30. The highest BCUT2D eigenvalue weighted by atomic mass is 79.9. The number of rotatable bonds is 3. The van der Waals surface area contributed by atoms with Crippen molar-refractivity contribution < 1.29 is 0 Å². The number of nitrogens with two attached hydrogens (primary N) is 1. The van der Waals surface area contributed by atoms with Crippen LogP contribution in [0.15, 0.2) is 22.7 Å². The molecule has 0 amide bonds. The minimum absolute atomic E-state index is 0.252. The predicted molar refractivity (Wildman–Crippen MR) is 85.2 cm³/mol. The van der Waals surface area contributed by atoms with Crippen LogP contribution < -0.4 is 5.73 Å². The van der Waals surface area contributed by atoms with Crippen LogP contribution >= 0.6 is 15.9 Å². The fraction of sp³-hybridized carbons (Fsp3) is 0.625. The van der Waals surface area contributed by atoms with Gasteiger partial charge in [-0.25, -0.2) is 0 Å². The summed E-state index contributed by atoms with van der Waals surface area (Å²) in [5.41, 5.74) is 9.04. The first-order valence-electron chi connectivity index (χ1n) is 7.24. The fourth-order valence-electron chi connectivity index (χ4n) is 3.02. The second-order valence-corrected chi connectivity index (χ2v) is 7.00. The van der Waals surface area contributed by atoms with Gasteiger partial charge in [-0.3, -0.25) is 4.90 Å². The van der Waals surface area contributed by atoms with Crippen molar-refractivity contribution in [2.75, 3.05) is 13.1 Å². The summed E-state index contributed by atoms with van der Waals surface area (Å²) < 4.78 is 1.19. The lowest BCUT2D eigenvalue weighted by Gasteiger charge is -2.41. The Balaban J connectivity index is 2.27. The van der Waals surface area contributed by atoms with Gasteiger partial charge in [0.2, 0.25) is 0 Å². The Morgan fingerprint density at radius 1 is 1.42 bits per heavy atom. The van der Waals surface area contributed by atoms with Gasteiger partial charge in [0.25, 0.3) is 0 Å². The average Bonchev–Trinajstić information content (AvgIpc) is 2.32. The average molecular weight is 325 g/mol. The van der Waals surface area contributed by atoms with Crippen molar-refractivity contribution in [3.05, 3.63) is 33.8 Å². The SMILES string of the molecule is Cc1ccc(C2C(N)CCCN2CC(C)C)cc1Br. The van der Waals surface area contributed by atoms with Crippen LogP contribution in [-0.2, 0) is 0 Å². The van der Waals surface area contributed by atoms with Crippen LogP contribution in [0.1, 0.15) is 43.9 Å². The van der Waals surface area contributed by atoms with Gasteiger partial charge >= 0.3 is 0 Å². The molecule has 0 aliphatic carbocycles. The maximum atomic E-state index is 6.41. The molecule has 1 aromatic rings. The molecule has 0 spiro atoms. The number of hydrogen-bond donors (Lipinski definition) is 1.